The highest BCUT2D eigenvalue weighted by molar-refractivity contribution is 6.31. The Bertz CT molecular complexity index is 1430. The Morgan fingerprint density at radius 3 is 2.71 bits per heavy atom. The van der Waals surface area contributed by atoms with Gasteiger partial charge in [-0.2, -0.15) is 23.3 Å². The fraction of sp³-hybridized carbons (Fsp3) is 0.333. The molecule has 3 aromatic rings. The van der Waals surface area contributed by atoms with E-state index in [1.165, 1.54) is 30.3 Å². The molecule has 0 radical (unpaired) electrons. The first-order valence-corrected chi connectivity index (χ1v) is 11.9. The molecule has 0 spiro atoms. The number of pyridine rings is 1. The molecular weight excluding hydrogens is 534 g/mol. The number of H-pyrrole nitrogens is 1. The molecule has 38 heavy (non-hydrogen) atoms. The van der Waals surface area contributed by atoms with Crippen molar-refractivity contribution in [1.29, 1.82) is 0 Å². The number of benzene rings is 1. The number of ether oxygens (including phenoxy) is 2. The third kappa shape index (κ3) is 5.52. The second kappa shape index (κ2) is 10.1. The number of nitrogens with zero attached hydrogens (tertiary/aromatic N) is 3. The van der Waals surface area contributed by atoms with Crippen LogP contribution in [0.15, 0.2) is 41.2 Å². The minimum Gasteiger partial charge on any atom is -0.473 e. The van der Waals surface area contributed by atoms with Gasteiger partial charge in [0.1, 0.15) is 12.4 Å². The van der Waals surface area contributed by atoms with Crippen LogP contribution < -0.4 is 20.3 Å². The van der Waals surface area contributed by atoms with Crippen LogP contribution in [0, 0.1) is 5.82 Å². The molecule has 0 unspecified atom stereocenters. The van der Waals surface area contributed by atoms with Crippen LogP contribution in [0.5, 0.6) is 11.8 Å². The number of hydrogen-bond donors (Lipinski definition) is 2. The molecule has 200 valence electrons. The van der Waals surface area contributed by atoms with E-state index < -0.39 is 24.6 Å². The van der Waals surface area contributed by atoms with Gasteiger partial charge in [0.2, 0.25) is 11.8 Å². The number of nitrogens with one attached hydrogen (secondary N) is 2. The van der Waals surface area contributed by atoms with Crippen molar-refractivity contribution in [3.63, 3.8) is 0 Å². The van der Waals surface area contributed by atoms with E-state index in [0.717, 1.165) is 18.1 Å². The molecular formula is C24H20ClF4N5O4. The molecule has 2 atom stereocenters. The lowest BCUT2D eigenvalue weighted by atomic mass is 9.99. The van der Waals surface area contributed by atoms with Gasteiger partial charge in [-0.1, -0.05) is 17.7 Å². The summed E-state index contributed by atoms with van der Waals surface area (Å²) in [6, 6.07) is 6.86. The topological polar surface area (TPSA) is 109 Å². The number of amides is 2. The van der Waals surface area contributed by atoms with Crippen molar-refractivity contribution in [3.8, 4) is 11.8 Å². The van der Waals surface area contributed by atoms with Crippen LogP contribution >= 0.6 is 11.6 Å². The van der Waals surface area contributed by atoms with Gasteiger partial charge in [-0.15, -0.1) is 0 Å². The standard InChI is InChI=1S/C24H20ClF4N5O4/c25-15-9-17(30-23(36)34-14-4-5-18(34)22-12(6-14)8-19(35)32-33-22)16(26)7-13(15)10-37-20-2-1-3-21(31-20)38-11-24(27,28)29/h1-3,7-9,14,18H,4-6,10-11H2,(H,30,36)(H,32,35)/t14-,18+/m0/s1. The van der Waals surface area contributed by atoms with Crippen molar-refractivity contribution >= 4 is 23.3 Å². The maximum Gasteiger partial charge on any atom is 0.422 e. The predicted molar refractivity (Wildman–Crippen MR) is 127 cm³/mol. The third-order valence-corrected chi connectivity index (χ3v) is 6.62. The van der Waals surface area contributed by atoms with Gasteiger partial charge >= 0.3 is 12.2 Å². The number of aromatic nitrogens is 3. The fourth-order valence-corrected chi connectivity index (χ4v) is 4.87. The van der Waals surface area contributed by atoms with Crippen molar-refractivity contribution in [3.05, 3.63) is 74.4 Å². The Kier molecular flexibility index (Phi) is 6.86. The van der Waals surface area contributed by atoms with Gasteiger partial charge in [-0.25, -0.2) is 14.3 Å². The second-order valence-electron chi connectivity index (χ2n) is 8.86. The Balaban J connectivity index is 1.25. The lowest BCUT2D eigenvalue weighted by molar-refractivity contribution is -0.154. The Morgan fingerprint density at radius 2 is 1.95 bits per heavy atom. The van der Waals surface area contributed by atoms with E-state index in [0.29, 0.717) is 18.5 Å². The number of anilines is 1. The summed E-state index contributed by atoms with van der Waals surface area (Å²) in [7, 11) is 0. The SMILES string of the molecule is O=C(Nc1cc(Cl)c(COc2cccc(OCC(F)(F)F)n2)cc1F)N1[C@H]2CC[C@@H]1c1n[nH]c(=O)cc1C2. The quantitative estimate of drug-likeness (QED) is 0.426. The molecule has 1 saturated heterocycles. The summed E-state index contributed by atoms with van der Waals surface area (Å²) in [5.41, 5.74) is 1.21. The van der Waals surface area contributed by atoms with E-state index in [1.807, 2.05) is 0 Å². The highest BCUT2D eigenvalue weighted by atomic mass is 35.5. The van der Waals surface area contributed by atoms with Crippen LogP contribution in [0.1, 0.15) is 35.7 Å². The van der Waals surface area contributed by atoms with Crippen LogP contribution in [0.3, 0.4) is 0 Å². The molecule has 2 amide bonds. The maximum absolute atomic E-state index is 14.9. The van der Waals surface area contributed by atoms with E-state index in [9.17, 15) is 27.2 Å². The average Bonchev–Trinajstić information content (AvgIpc) is 3.18. The van der Waals surface area contributed by atoms with Gasteiger partial charge in [0.15, 0.2) is 6.61 Å². The summed E-state index contributed by atoms with van der Waals surface area (Å²) in [6.07, 6.45) is -2.65. The summed E-state index contributed by atoms with van der Waals surface area (Å²) >= 11 is 6.29. The summed E-state index contributed by atoms with van der Waals surface area (Å²) in [6.45, 7) is -1.74. The van der Waals surface area contributed by atoms with Crippen molar-refractivity contribution in [2.75, 3.05) is 11.9 Å². The third-order valence-electron chi connectivity index (χ3n) is 6.26. The number of rotatable bonds is 6. The van der Waals surface area contributed by atoms with Gasteiger partial charge < -0.3 is 19.7 Å². The molecule has 4 heterocycles. The largest absolute Gasteiger partial charge is 0.473 e. The first-order valence-electron chi connectivity index (χ1n) is 11.5. The zero-order chi connectivity index (χ0) is 27.0. The summed E-state index contributed by atoms with van der Waals surface area (Å²) in [4.78, 5) is 30.1. The van der Waals surface area contributed by atoms with Crippen molar-refractivity contribution in [2.24, 2.45) is 0 Å². The number of alkyl halides is 3. The van der Waals surface area contributed by atoms with Gasteiger partial charge in [0.05, 0.1) is 17.4 Å². The van der Waals surface area contributed by atoms with Gasteiger partial charge in [-0.05, 0) is 37.0 Å². The Labute approximate surface area is 217 Å². The van der Waals surface area contributed by atoms with Crippen LogP contribution in [0.25, 0.3) is 0 Å². The van der Waals surface area contributed by atoms with Gasteiger partial charge in [0.25, 0.3) is 5.56 Å². The number of aromatic amines is 1. The second-order valence-corrected chi connectivity index (χ2v) is 9.27. The first kappa shape index (κ1) is 25.8. The Hall–Kier alpha value is -3.87. The highest BCUT2D eigenvalue weighted by Crippen LogP contribution is 2.42. The smallest absolute Gasteiger partial charge is 0.422 e. The molecule has 9 nitrogen and oxygen atoms in total. The number of fused-ring (bicyclic) bond motifs is 4. The van der Waals surface area contributed by atoms with Crippen molar-refractivity contribution in [1.82, 2.24) is 20.1 Å². The van der Waals surface area contributed by atoms with Gasteiger partial charge in [0, 0.05) is 34.8 Å². The van der Waals surface area contributed by atoms with Gasteiger partial charge in [-0.3, -0.25) is 4.79 Å². The van der Waals surface area contributed by atoms with E-state index in [4.69, 9.17) is 16.3 Å². The summed E-state index contributed by atoms with van der Waals surface area (Å²) < 4.78 is 62.0. The van der Waals surface area contributed by atoms with Crippen molar-refractivity contribution in [2.45, 2.75) is 44.1 Å². The summed E-state index contributed by atoms with van der Waals surface area (Å²) in [5, 5.41) is 9.18. The van der Waals surface area contributed by atoms with Crippen LogP contribution in [-0.2, 0) is 13.0 Å². The zero-order valence-corrected chi connectivity index (χ0v) is 20.3. The monoisotopic (exact) mass is 553 g/mol. The van der Waals surface area contributed by atoms with Crippen LogP contribution in [0.2, 0.25) is 5.02 Å². The Morgan fingerprint density at radius 1 is 1.18 bits per heavy atom. The van der Waals surface area contributed by atoms with Crippen LogP contribution in [-0.4, -0.2) is 44.9 Å². The zero-order valence-electron chi connectivity index (χ0n) is 19.5. The molecule has 2 aliphatic heterocycles. The molecule has 1 aromatic carbocycles. The summed E-state index contributed by atoms with van der Waals surface area (Å²) in [5.74, 6) is -1.09. The lowest BCUT2D eigenvalue weighted by Gasteiger charge is -2.35. The molecule has 5 rings (SSSR count). The van der Waals surface area contributed by atoms with E-state index in [1.54, 1.807) is 4.90 Å². The molecule has 2 bridgehead atoms. The number of carbonyl (C=O) groups excluding carboxylic acids is 1. The molecule has 2 aliphatic rings. The van der Waals surface area contributed by atoms with E-state index in [-0.39, 0.29) is 52.3 Å². The molecule has 1 fully saturated rings. The molecule has 2 N–H and O–H groups in total. The lowest BCUT2D eigenvalue weighted by Crippen LogP contribution is -2.45. The average molecular weight is 554 g/mol. The predicted octanol–water partition coefficient (Wildman–Crippen LogP) is 4.77. The number of urea groups is 1. The van der Waals surface area contributed by atoms with E-state index >= 15 is 0 Å². The molecule has 2 aromatic heterocycles. The van der Waals surface area contributed by atoms with Crippen molar-refractivity contribution < 1.29 is 31.8 Å². The number of hydrogen-bond acceptors (Lipinski definition) is 6. The maximum atomic E-state index is 14.9. The minimum atomic E-state index is -4.52. The molecule has 0 saturated carbocycles. The number of carbonyl (C=O) groups is 1. The molecule has 14 heteroatoms. The minimum absolute atomic E-state index is 0.0469. The normalized spacial score (nSPS) is 18.2. The highest BCUT2D eigenvalue weighted by Gasteiger charge is 2.44. The first-order chi connectivity index (χ1) is 18.1. The van der Waals surface area contributed by atoms with E-state index in [2.05, 4.69) is 25.2 Å². The molecule has 0 aliphatic carbocycles. The number of halogens is 5. The fourth-order valence-electron chi connectivity index (χ4n) is 4.65. The van der Waals surface area contributed by atoms with Crippen LogP contribution in [0.4, 0.5) is 28.0 Å².